The van der Waals surface area contributed by atoms with Crippen LogP contribution in [0.2, 0.25) is 0 Å². The van der Waals surface area contributed by atoms with Gasteiger partial charge in [0.1, 0.15) is 0 Å². The van der Waals surface area contributed by atoms with E-state index in [9.17, 15) is 0 Å². The van der Waals surface area contributed by atoms with Gasteiger partial charge in [0.25, 0.3) is 0 Å². The number of benzene rings is 1. The number of nitrogens with zero attached hydrogens (tertiary/aromatic N) is 2. The summed E-state index contributed by atoms with van der Waals surface area (Å²) >= 11 is 3.50. The van der Waals surface area contributed by atoms with Crippen LogP contribution in [0.4, 0.5) is 5.69 Å². The van der Waals surface area contributed by atoms with Gasteiger partial charge in [-0.15, -0.1) is 0 Å². The van der Waals surface area contributed by atoms with Crippen molar-refractivity contribution in [1.29, 1.82) is 0 Å². The van der Waals surface area contributed by atoms with E-state index in [0.717, 1.165) is 23.1 Å². The van der Waals surface area contributed by atoms with Crippen molar-refractivity contribution in [2.24, 2.45) is 7.05 Å². The molecule has 0 bridgehead atoms. The predicted octanol–water partition coefficient (Wildman–Crippen LogP) is 3.15. The van der Waals surface area contributed by atoms with Gasteiger partial charge in [0.15, 0.2) is 0 Å². The molecule has 0 saturated heterocycles. The Morgan fingerprint density at radius 3 is 2.82 bits per heavy atom. The molecule has 0 spiro atoms. The van der Waals surface area contributed by atoms with Gasteiger partial charge in [0, 0.05) is 42.1 Å². The van der Waals surface area contributed by atoms with E-state index in [1.54, 1.807) is 0 Å². The number of rotatable bonds is 4. The summed E-state index contributed by atoms with van der Waals surface area (Å²) in [6.45, 7) is 3.01. The highest BCUT2D eigenvalue weighted by atomic mass is 79.9. The highest BCUT2D eigenvalue weighted by Crippen LogP contribution is 2.18. The minimum atomic E-state index is 0.912. The molecule has 0 amide bonds. The molecule has 2 aromatic rings. The van der Waals surface area contributed by atoms with Gasteiger partial charge in [-0.3, -0.25) is 4.68 Å². The second-order valence-corrected chi connectivity index (χ2v) is 5.06. The Balaban J connectivity index is 1.92. The Bertz CT molecular complexity index is 485. The summed E-state index contributed by atoms with van der Waals surface area (Å²) in [6, 6.07) is 8.39. The van der Waals surface area contributed by atoms with E-state index in [4.69, 9.17) is 0 Å². The summed E-state index contributed by atoms with van der Waals surface area (Å²) in [5.41, 5.74) is 3.64. The molecule has 17 heavy (non-hydrogen) atoms. The first-order valence-electron chi connectivity index (χ1n) is 5.63. The van der Waals surface area contributed by atoms with Crippen LogP contribution >= 0.6 is 15.9 Å². The Kier molecular flexibility index (Phi) is 3.84. The number of hydrogen-bond donors (Lipinski definition) is 1. The fourth-order valence-corrected chi connectivity index (χ4v) is 2.43. The van der Waals surface area contributed by atoms with Crippen LogP contribution in [0.5, 0.6) is 0 Å². The van der Waals surface area contributed by atoms with Crippen LogP contribution in [0.3, 0.4) is 0 Å². The third-order valence-corrected chi connectivity index (χ3v) is 3.13. The van der Waals surface area contributed by atoms with E-state index in [-0.39, 0.29) is 0 Å². The number of anilines is 1. The maximum absolute atomic E-state index is 4.15. The highest BCUT2D eigenvalue weighted by molar-refractivity contribution is 9.10. The summed E-state index contributed by atoms with van der Waals surface area (Å²) in [4.78, 5) is 0. The Labute approximate surface area is 110 Å². The Morgan fingerprint density at radius 2 is 2.18 bits per heavy atom. The first-order chi connectivity index (χ1) is 8.15. The average molecular weight is 294 g/mol. The second kappa shape index (κ2) is 5.36. The minimum Gasteiger partial charge on any atom is -0.385 e. The molecule has 1 aromatic carbocycles. The molecule has 0 aliphatic rings. The summed E-state index contributed by atoms with van der Waals surface area (Å²) < 4.78 is 3.02. The zero-order chi connectivity index (χ0) is 12.3. The number of aromatic nitrogens is 2. The molecular formula is C13H16BrN3. The standard InChI is InChI=1S/C13H16BrN3/c1-10-7-11(14)9-12(8-10)15-5-3-13-4-6-16-17(13)2/h4,6-9,15H,3,5H2,1-2H3. The van der Waals surface area contributed by atoms with Crippen molar-refractivity contribution < 1.29 is 0 Å². The van der Waals surface area contributed by atoms with E-state index < -0.39 is 0 Å². The van der Waals surface area contributed by atoms with Crippen LogP contribution in [0, 0.1) is 6.92 Å². The minimum absolute atomic E-state index is 0.912. The van der Waals surface area contributed by atoms with Gasteiger partial charge < -0.3 is 5.32 Å². The van der Waals surface area contributed by atoms with Crippen molar-refractivity contribution in [3.05, 3.63) is 46.2 Å². The molecule has 90 valence electrons. The maximum Gasteiger partial charge on any atom is 0.0492 e. The van der Waals surface area contributed by atoms with Crippen LogP contribution in [-0.2, 0) is 13.5 Å². The average Bonchev–Trinajstić information content (AvgIpc) is 2.63. The number of aryl methyl sites for hydroxylation is 2. The van der Waals surface area contributed by atoms with Gasteiger partial charge >= 0.3 is 0 Å². The molecule has 2 rings (SSSR count). The van der Waals surface area contributed by atoms with E-state index in [1.807, 2.05) is 24.0 Å². The summed E-state index contributed by atoms with van der Waals surface area (Å²) in [5.74, 6) is 0. The lowest BCUT2D eigenvalue weighted by Gasteiger charge is -2.08. The van der Waals surface area contributed by atoms with Crippen LogP contribution in [-0.4, -0.2) is 16.3 Å². The molecule has 0 aliphatic heterocycles. The van der Waals surface area contributed by atoms with Gasteiger partial charge in [0.2, 0.25) is 0 Å². The van der Waals surface area contributed by atoms with E-state index in [2.05, 4.69) is 51.5 Å². The lowest BCUT2D eigenvalue weighted by Crippen LogP contribution is -2.08. The lowest BCUT2D eigenvalue weighted by atomic mass is 10.2. The first-order valence-corrected chi connectivity index (χ1v) is 6.42. The molecule has 0 atom stereocenters. The first kappa shape index (κ1) is 12.2. The third kappa shape index (κ3) is 3.33. The van der Waals surface area contributed by atoms with Crippen LogP contribution in [0.15, 0.2) is 34.9 Å². The summed E-state index contributed by atoms with van der Waals surface area (Å²) in [7, 11) is 1.97. The number of halogens is 1. The molecule has 1 aromatic heterocycles. The molecule has 3 nitrogen and oxygen atoms in total. The fraction of sp³-hybridized carbons (Fsp3) is 0.308. The summed E-state index contributed by atoms with van der Waals surface area (Å²) in [6.07, 6.45) is 2.81. The second-order valence-electron chi connectivity index (χ2n) is 4.14. The predicted molar refractivity (Wildman–Crippen MR) is 74.3 cm³/mol. The van der Waals surface area contributed by atoms with Crippen LogP contribution < -0.4 is 5.32 Å². The highest BCUT2D eigenvalue weighted by Gasteiger charge is 1.99. The lowest BCUT2D eigenvalue weighted by molar-refractivity contribution is 0.711. The molecule has 4 heteroatoms. The molecule has 0 radical (unpaired) electrons. The molecule has 0 fully saturated rings. The Hall–Kier alpha value is -1.29. The van der Waals surface area contributed by atoms with Crippen molar-refractivity contribution in [3.8, 4) is 0 Å². The van der Waals surface area contributed by atoms with Gasteiger partial charge in [-0.05, 0) is 36.8 Å². The largest absolute Gasteiger partial charge is 0.385 e. The maximum atomic E-state index is 4.15. The number of nitrogens with one attached hydrogen (secondary N) is 1. The zero-order valence-corrected chi connectivity index (χ0v) is 11.7. The fourth-order valence-electron chi connectivity index (χ4n) is 1.82. The quantitative estimate of drug-likeness (QED) is 0.939. The van der Waals surface area contributed by atoms with Crippen molar-refractivity contribution >= 4 is 21.6 Å². The van der Waals surface area contributed by atoms with Gasteiger partial charge in [-0.25, -0.2) is 0 Å². The Morgan fingerprint density at radius 1 is 1.35 bits per heavy atom. The van der Waals surface area contributed by atoms with Crippen molar-refractivity contribution in [2.45, 2.75) is 13.3 Å². The molecule has 0 aliphatic carbocycles. The molecular weight excluding hydrogens is 278 g/mol. The smallest absolute Gasteiger partial charge is 0.0492 e. The topological polar surface area (TPSA) is 29.9 Å². The molecule has 0 saturated carbocycles. The van der Waals surface area contributed by atoms with E-state index >= 15 is 0 Å². The zero-order valence-electron chi connectivity index (χ0n) is 10.1. The molecule has 1 heterocycles. The van der Waals surface area contributed by atoms with E-state index in [1.165, 1.54) is 11.3 Å². The molecule has 1 N–H and O–H groups in total. The third-order valence-electron chi connectivity index (χ3n) is 2.67. The monoisotopic (exact) mass is 293 g/mol. The summed E-state index contributed by atoms with van der Waals surface area (Å²) in [5, 5.41) is 7.57. The number of hydrogen-bond acceptors (Lipinski definition) is 2. The van der Waals surface area contributed by atoms with E-state index in [0.29, 0.717) is 0 Å². The van der Waals surface area contributed by atoms with Crippen LogP contribution in [0.1, 0.15) is 11.3 Å². The van der Waals surface area contributed by atoms with Gasteiger partial charge in [-0.1, -0.05) is 15.9 Å². The normalized spacial score (nSPS) is 10.5. The van der Waals surface area contributed by atoms with Gasteiger partial charge in [-0.2, -0.15) is 5.10 Å². The van der Waals surface area contributed by atoms with Gasteiger partial charge in [0.05, 0.1) is 0 Å². The van der Waals surface area contributed by atoms with Crippen molar-refractivity contribution in [3.63, 3.8) is 0 Å². The van der Waals surface area contributed by atoms with Crippen LogP contribution in [0.25, 0.3) is 0 Å². The van der Waals surface area contributed by atoms with Crippen molar-refractivity contribution in [2.75, 3.05) is 11.9 Å². The SMILES string of the molecule is Cc1cc(Br)cc(NCCc2ccnn2C)c1. The van der Waals surface area contributed by atoms with Crippen molar-refractivity contribution in [1.82, 2.24) is 9.78 Å². The molecule has 0 unspecified atom stereocenters.